The number of nitrogen functional groups attached to an aromatic ring is 1. The lowest BCUT2D eigenvalue weighted by atomic mass is 10.1. The molecule has 92 valence electrons. The first-order valence-corrected chi connectivity index (χ1v) is 6.42. The topological polar surface area (TPSA) is 53.1 Å². The van der Waals surface area contributed by atoms with Gasteiger partial charge in [0.05, 0.1) is 10.7 Å². The zero-order valence-corrected chi connectivity index (χ0v) is 10.8. The van der Waals surface area contributed by atoms with E-state index in [0.717, 1.165) is 18.7 Å². The van der Waals surface area contributed by atoms with Crippen molar-refractivity contribution in [2.75, 3.05) is 11.4 Å². The molecule has 1 unspecified atom stereocenters. The molecule has 1 heterocycles. The summed E-state index contributed by atoms with van der Waals surface area (Å²) in [6, 6.07) is 6.22. The Bertz CT molecular complexity index is 431. The van der Waals surface area contributed by atoms with Crippen LogP contribution in [0.2, 0.25) is 5.02 Å². The highest BCUT2D eigenvalue weighted by atomic mass is 35.5. The van der Waals surface area contributed by atoms with Crippen LogP contribution in [0.3, 0.4) is 0 Å². The first kappa shape index (κ1) is 12.2. The molecule has 1 aromatic carbocycles. The van der Waals surface area contributed by atoms with Crippen LogP contribution in [-0.4, -0.2) is 18.4 Å². The Morgan fingerprint density at radius 2 is 2.35 bits per heavy atom. The van der Waals surface area contributed by atoms with Crippen molar-refractivity contribution in [3.05, 3.63) is 28.8 Å². The Labute approximate surface area is 107 Å². The number of rotatable bonds is 3. The summed E-state index contributed by atoms with van der Waals surface area (Å²) in [5.41, 5.74) is 7.21. The number of hydrogen-bond donors (Lipinski definition) is 2. The maximum atomic E-state index is 7.39. The van der Waals surface area contributed by atoms with E-state index in [4.69, 9.17) is 22.7 Å². The summed E-state index contributed by atoms with van der Waals surface area (Å²) in [5, 5.41) is 8.09. The van der Waals surface area contributed by atoms with E-state index in [-0.39, 0.29) is 5.84 Å². The second kappa shape index (κ2) is 4.96. The summed E-state index contributed by atoms with van der Waals surface area (Å²) in [7, 11) is 0. The van der Waals surface area contributed by atoms with Crippen molar-refractivity contribution in [2.45, 2.75) is 32.2 Å². The van der Waals surface area contributed by atoms with Crippen molar-refractivity contribution >= 4 is 23.1 Å². The molecule has 1 fully saturated rings. The van der Waals surface area contributed by atoms with Gasteiger partial charge in [0, 0.05) is 18.2 Å². The predicted molar refractivity (Wildman–Crippen MR) is 73.1 cm³/mol. The fourth-order valence-corrected chi connectivity index (χ4v) is 2.77. The maximum Gasteiger partial charge on any atom is 0.122 e. The van der Waals surface area contributed by atoms with Gasteiger partial charge in [-0.3, -0.25) is 5.41 Å². The molecule has 1 aromatic rings. The van der Waals surface area contributed by atoms with E-state index >= 15 is 0 Å². The van der Waals surface area contributed by atoms with E-state index in [9.17, 15) is 0 Å². The van der Waals surface area contributed by atoms with Crippen LogP contribution in [0.5, 0.6) is 0 Å². The highest BCUT2D eigenvalue weighted by Crippen LogP contribution is 2.33. The van der Waals surface area contributed by atoms with E-state index < -0.39 is 0 Å². The Hall–Kier alpha value is -1.22. The Morgan fingerprint density at radius 3 is 2.94 bits per heavy atom. The minimum Gasteiger partial charge on any atom is -0.384 e. The van der Waals surface area contributed by atoms with Gasteiger partial charge in [-0.1, -0.05) is 18.5 Å². The van der Waals surface area contributed by atoms with Crippen LogP contribution >= 0.6 is 11.6 Å². The van der Waals surface area contributed by atoms with Gasteiger partial charge in [0.1, 0.15) is 5.84 Å². The van der Waals surface area contributed by atoms with Crippen LogP contribution < -0.4 is 10.6 Å². The maximum absolute atomic E-state index is 7.39. The lowest BCUT2D eigenvalue weighted by molar-refractivity contribution is 0.645. The fraction of sp³-hybridized carbons (Fsp3) is 0.462. The summed E-state index contributed by atoms with van der Waals surface area (Å²) in [5.74, 6) is 0.0620. The second-order valence-electron chi connectivity index (χ2n) is 4.48. The summed E-state index contributed by atoms with van der Waals surface area (Å²) >= 11 is 6.28. The van der Waals surface area contributed by atoms with E-state index in [1.54, 1.807) is 6.07 Å². The third-order valence-electron chi connectivity index (χ3n) is 3.42. The molecule has 17 heavy (non-hydrogen) atoms. The number of anilines is 1. The number of amidine groups is 1. The van der Waals surface area contributed by atoms with Crippen molar-refractivity contribution in [2.24, 2.45) is 5.73 Å². The fourth-order valence-electron chi connectivity index (χ4n) is 2.48. The monoisotopic (exact) mass is 251 g/mol. The minimum atomic E-state index is 0.0620. The van der Waals surface area contributed by atoms with Crippen molar-refractivity contribution in [1.82, 2.24) is 0 Å². The van der Waals surface area contributed by atoms with E-state index in [2.05, 4.69) is 11.8 Å². The molecule has 0 aliphatic carbocycles. The van der Waals surface area contributed by atoms with Crippen molar-refractivity contribution in [3.63, 3.8) is 0 Å². The Morgan fingerprint density at radius 1 is 1.59 bits per heavy atom. The highest BCUT2D eigenvalue weighted by Gasteiger charge is 2.24. The first-order valence-electron chi connectivity index (χ1n) is 6.04. The van der Waals surface area contributed by atoms with Gasteiger partial charge in [0.25, 0.3) is 0 Å². The van der Waals surface area contributed by atoms with Gasteiger partial charge >= 0.3 is 0 Å². The molecule has 1 aliphatic heterocycles. The van der Waals surface area contributed by atoms with Crippen LogP contribution in [0.15, 0.2) is 18.2 Å². The van der Waals surface area contributed by atoms with Crippen LogP contribution in [-0.2, 0) is 0 Å². The normalized spacial score (nSPS) is 19.6. The zero-order valence-electron chi connectivity index (χ0n) is 10.0. The molecule has 0 amide bonds. The van der Waals surface area contributed by atoms with Gasteiger partial charge in [0.2, 0.25) is 0 Å². The lowest BCUT2D eigenvalue weighted by Gasteiger charge is -2.27. The molecule has 0 bridgehead atoms. The zero-order chi connectivity index (χ0) is 12.4. The van der Waals surface area contributed by atoms with E-state index in [0.29, 0.717) is 16.6 Å². The molecular formula is C13H18ClN3. The highest BCUT2D eigenvalue weighted by molar-refractivity contribution is 6.33. The van der Waals surface area contributed by atoms with Gasteiger partial charge in [-0.05, 0) is 37.5 Å². The molecule has 1 atom stereocenters. The third-order valence-corrected chi connectivity index (χ3v) is 3.72. The molecule has 0 saturated carbocycles. The van der Waals surface area contributed by atoms with Crippen molar-refractivity contribution in [3.8, 4) is 0 Å². The lowest BCUT2D eigenvalue weighted by Crippen LogP contribution is -2.28. The van der Waals surface area contributed by atoms with Gasteiger partial charge in [-0.25, -0.2) is 0 Å². The van der Waals surface area contributed by atoms with Crippen LogP contribution in [0, 0.1) is 5.41 Å². The van der Waals surface area contributed by atoms with E-state index in [1.807, 2.05) is 12.1 Å². The standard InChI is InChI=1S/C13H18ClN3/c1-2-10-4-3-7-17(10)12-6-5-9(13(15)16)8-11(12)14/h5-6,8,10H,2-4,7H2,1H3,(H3,15,16). The van der Waals surface area contributed by atoms with Crippen molar-refractivity contribution in [1.29, 1.82) is 5.41 Å². The SMILES string of the molecule is CCC1CCCN1c1ccc(C(=N)N)cc1Cl. The number of halogens is 1. The molecule has 2 rings (SSSR count). The van der Waals surface area contributed by atoms with E-state index in [1.165, 1.54) is 12.8 Å². The average molecular weight is 252 g/mol. The van der Waals surface area contributed by atoms with Crippen LogP contribution in [0.1, 0.15) is 31.7 Å². The van der Waals surface area contributed by atoms with Gasteiger partial charge in [-0.2, -0.15) is 0 Å². The molecule has 1 saturated heterocycles. The molecule has 3 nitrogen and oxygen atoms in total. The number of nitrogens with zero attached hydrogens (tertiary/aromatic N) is 1. The number of nitrogens with two attached hydrogens (primary N) is 1. The molecule has 0 radical (unpaired) electrons. The molecular weight excluding hydrogens is 234 g/mol. The Kier molecular flexibility index (Phi) is 3.57. The summed E-state index contributed by atoms with van der Waals surface area (Å²) in [4.78, 5) is 2.37. The van der Waals surface area contributed by atoms with Gasteiger partial charge in [-0.15, -0.1) is 0 Å². The van der Waals surface area contributed by atoms with Crippen LogP contribution in [0.25, 0.3) is 0 Å². The number of nitrogens with one attached hydrogen (secondary N) is 1. The first-order chi connectivity index (χ1) is 8.13. The Balaban J connectivity index is 2.30. The van der Waals surface area contributed by atoms with Gasteiger partial charge in [0.15, 0.2) is 0 Å². The minimum absolute atomic E-state index is 0.0620. The molecule has 0 aromatic heterocycles. The smallest absolute Gasteiger partial charge is 0.122 e. The summed E-state index contributed by atoms with van der Waals surface area (Å²) in [6.45, 7) is 3.28. The molecule has 4 heteroatoms. The van der Waals surface area contributed by atoms with Crippen LogP contribution in [0.4, 0.5) is 5.69 Å². The number of hydrogen-bond acceptors (Lipinski definition) is 2. The third kappa shape index (κ3) is 2.39. The predicted octanol–water partition coefficient (Wildman–Crippen LogP) is 3.00. The summed E-state index contributed by atoms with van der Waals surface area (Å²) in [6.07, 6.45) is 3.61. The largest absolute Gasteiger partial charge is 0.384 e. The average Bonchev–Trinajstić information content (AvgIpc) is 2.76. The quantitative estimate of drug-likeness (QED) is 0.641. The summed E-state index contributed by atoms with van der Waals surface area (Å²) < 4.78 is 0. The number of benzene rings is 1. The molecule has 1 aliphatic rings. The molecule has 3 N–H and O–H groups in total. The van der Waals surface area contributed by atoms with Crippen molar-refractivity contribution < 1.29 is 0 Å². The van der Waals surface area contributed by atoms with Gasteiger partial charge < -0.3 is 10.6 Å². The molecule has 0 spiro atoms. The second-order valence-corrected chi connectivity index (χ2v) is 4.88.